The lowest BCUT2D eigenvalue weighted by Crippen LogP contribution is -2.33. The number of nitrogens with zero attached hydrogens (tertiary/aromatic N) is 4. The Bertz CT molecular complexity index is 852. The summed E-state index contributed by atoms with van der Waals surface area (Å²) in [4.78, 5) is 3.81. The van der Waals surface area contributed by atoms with Gasteiger partial charge >= 0.3 is 5.65 Å². The molecule has 8 heteroatoms. The number of aromatic nitrogens is 3. The number of aliphatic imine (C=N–C) groups is 1. The average Bonchev–Trinajstić information content (AvgIpc) is 2.97. The molecular formula is C14H15ClFN6+. The third-order valence-electron chi connectivity index (χ3n) is 3.41. The zero-order valence-electron chi connectivity index (χ0n) is 11.9. The lowest BCUT2D eigenvalue weighted by atomic mass is 10.2. The highest BCUT2D eigenvalue weighted by atomic mass is 35.5. The average molecular weight is 322 g/mol. The minimum atomic E-state index is -0.449. The van der Waals surface area contributed by atoms with Crippen molar-refractivity contribution in [2.75, 3.05) is 0 Å². The summed E-state index contributed by atoms with van der Waals surface area (Å²) in [5.74, 6) is -0.591. The van der Waals surface area contributed by atoms with E-state index >= 15 is 0 Å². The minimum Gasteiger partial charge on any atom is -0.370 e. The fourth-order valence-corrected chi connectivity index (χ4v) is 2.63. The van der Waals surface area contributed by atoms with Crippen molar-refractivity contribution in [3.63, 3.8) is 0 Å². The van der Waals surface area contributed by atoms with Crippen LogP contribution in [-0.2, 0) is 13.6 Å². The summed E-state index contributed by atoms with van der Waals surface area (Å²) in [6.07, 6.45) is 5.69. The Balaban J connectivity index is 2.00. The van der Waals surface area contributed by atoms with Gasteiger partial charge in [0, 0.05) is 30.9 Å². The molecule has 0 fully saturated rings. The summed E-state index contributed by atoms with van der Waals surface area (Å²) in [5, 5.41) is 0.280. The highest BCUT2D eigenvalue weighted by Crippen LogP contribution is 2.26. The van der Waals surface area contributed by atoms with Gasteiger partial charge in [-0.05, 0) is 6.07 Å². The number of rotatable bonds is 3. The number of imidazole rings is 1. The van der Waals surface area contributed by atoms with E-state index in [2.05, 4.69) is 4.99 Å². The van der Waals surface area contributed by atoms with Crippen LogP contribution >= 0.6 is 11.6 Å². The van der Waals surface area contributed by atoms with Crippen LogP contribution in [0, 0.1) is 5.82 Å². The molecule has 114 valence electrons. The zero-order valence-corrected chi connectivity index (χ0v) is 12.6. The molecule has 0 unspecified atom stereocenters. The first kappa shape index (κ1) is 14.4. The molecule has 0 bridgehead atoms. The molecule has 0 saturated heterocycles. The molecule has 0 saturated carbocycles. The smallest absolute Gasteiger partial charge is 0.307 e. The summed E-state index contributed by atoms with van der Waals surface area (Å²) < 4.78 is 20.1. The molecule has 0 aliphatic carbocycles. The molecule has 3 aromatic rings. The fourth-order valence-electron chi connectivity index (χ4n) is 2.37. The van der Waals surface area contributed by atoms with E-state index in [9.17, 15) is 4.39 Å². The van der Waals surface area contributed by atoms with E-state index < -0.39 is 5.82 Å². The number of halogens is 2. The van der Waals surface area contributed by atoms with Gasteiger partial charge in [-0.2, -0.15) is 0 Å². The maximum absolute atomic E-state index is 14.3. The Morgan fingerprint density at radius 3 is 2.82 bits per heavy atom. The number of benzene rings is 1. The van der Waals surface area contributed by atoms with Gasteiger partial charge in [0.2, 0.25) is 0 Å². The summed E-state index contributed by atoms with van der Waals surface area (Å²) in [6.45, 7) is 0.313. The molecule has 3 rings (SSSR count). The van der Waals surface area contributed by atoms with Crippen molar-refractivity contribution in [2.24, 2.45) is 23.5 Å². The second-order valence-corrected chi connectivity index (χ2v) is 5.35. The molecule has 0 aliphatic rings. The summed E-state index contributed by atoms with van der Waals surface area (Å²) in [6, 6.07) is 4.75. The third kappa shape index (κ3) is 2.50. The first-order chi connectivity index (χ1) is 10.5. The van der Waals surface area contributed by atoms with Gasteiger partial charge in [0.05, 0.1) is 10.7 Å². The van der Waals surface area contributed by atoms with Gasteiger partial charge in [-0.25, -0.2) is 18.6 Å². The number of guanidine groups is 1. The van der Waals surface area contributed by atoms with Crippen LogP contribution in [0.15, 0.2) is 41.8 Å². The van der Waals surface area contributed by atoms with Crippen LogP contribution in [0.4, 0.5) is 10.1 Å². The quantitative estimate of drug-likeness (QED) is 0.433. The molecule has 2 heterocycles. The Kier molecular flexibility index (Phi) is 3.50. The lowest BCUT2D eigenvalue weighted by Gasteiger charge is -2.05. The fraction of sp³-hybridized carbons (Fsp3) is 0.143. The molecule has 2 aromatic heterocycles. The lowest BCUT2D eigenvalue weighted by molar-refractivity contribution is -0.662. The van der Waals surface area contributed by atoms with E-state index in [0.29, 0.717) is 12.1 Å². The Labute approximate surface area is 131 Å². The predicted octanol–water partition coefficient (Wildman–Crippen LogP) is 1.31. The van der Waals surface area contributed by atoms with Gasteiger partial charge in [-0.15, -0.1) is 4.52 Å². The summed E-state index contributed by atoms with van der Waals surface area (Å²) in [7, 11) is 1.93. The number of hydrogen-bond donors (Lipinski definition) is 2. The number of nitrogens with two attached hydrogens (primary N) is 2. The van der Waals surface area contributed by atoms with Crippen molar-refractivity contribution in [3.05, 3.63) is 53.2 Å². The molecular weight excluding hydrogens is 307 g/mol. The van der Waals surface area contributed by atoms with E-state index in [1.54, 1.807) is 6.07 Å². The van der Waals surface area contributed by atoms with E-state index in [-0.39, 0.29) is 16.7 Å². The van der Waals surface area contributed by atoms with Gasteiger partial charge in [-0.1, -0.05) is 11.6 Å². The standard InChI is InChI=1S/C14H15ClFN6/c1-20-3-2-13-21(4-5-22(13)20)8-10-11(15)6-9(7-12(10)16)19-14(17)18/h2-7H,8H2,1H3,(H4,17,18,19)/q+1. The maximum atomic E-state index is 14.3. The van der Waals surface area contributed by atoms with Crippen LogP contribution in [0.5, 0.6) is 0 Å². The van der Waals surface area contributed by atoms with Crippen molar-refractivity contribution in [1.29, 1.82) is 0 Å². The van der Waals surface area contributed by atoms with Crippen LogP contribution in [0.1, 0.15) is 5.56 Å². The Morgan fingerprint density at radius 2 is 2.14 bits per heavy atom. The van der Waals surface area contributed by atoms with Crippen molar-refractivity contribution in [1.82, 2.24) is 9.20 Å². The van der Waals surface area contributed by atoms with Gasteiger partial charge < -0.3 is 11.5 Å². The SMILES string of the molecule is Cn1ccc2n1cc[n+]2Cc1c(F)cc(N=C(N)N)cc1Cl. The van der Waals surface area contributed by atoms with Gasteiger partial charge in [0.15, 0.2) is 12.2 Å². The number of fused-ring (bicyclic) bond motifs is 1. The molecule has 22 heavy (non-hydrogen) atoms. The summed E-state index contributed by atoms with van der Waals surface area (Å²) >= 11 is 6.18. The molecule has 0 radical (unpaired) electrons. The van der Waals surface area contributed by atoms with Crippen molar-refractivity contribution in [3.8, 4) is 0 Å². The largest absolute Gasteiger partial charge is 0.370 e. The van der Waals surface area contributed by atoms with Crippen molar-refractivity contribution in [2.45, 2.75) is 6.54 Å². The van der Waals surface area contributed by atoms with Crippen molar-refractivity contribution >= 4 is 28.9 Å². The van der Waals surface area contributed by atoms with Crippen molar-refractivity contribution < 1.29 is 8.96 Å². The highest BCUT2D eigenvalue weighted by Gasteiger charge is 2.17. The van der Waals surface area contributed by atoms with Crippen LogP contribution in [0.3, 0.4) is 0 Å². The van der Waals surface area contributed by atoms with E-state index in [4.69, 9.17) is 23.1 Å². The molecule has 0 amide bonds. The van der Waals surface area contributed by atoms with Crippen LogP contribution in [-0.4, -0.2) is 15.2 Å². The van der Waals surface area contributed by atoms with Crippen LogP contribution in [0.2, 0.25) is 5.02 Å². The molecule has 4 N–H and O–H groups in total. The normalized spacial score (nSPS) is 11.0. The van der Waals surface area contributed by atoms with E-state index in [1.165, 1.54) is 6.07 Å². The minimum absolute atomic E-state index is 0.143. The third-order valence-corrected chi connectivity index (χ3v) is 3.75. The van der Waals surface area contributed by atoms with Crippen LogP contribution in [0.25, 0.3) is 5.65 Å². The number of hydrogen-bond acceptors (Lipinski definition) is 1. The molecule has 0 aliphatic heterocycles. The van der Waals surface area contributed by atoms with Crippen LogP contribution < -0.4 is 16.0 Å². The van der Waals surface area contributed by atoms with E-state index in [0.717, 1.165) is 5.65 Å². The highest BCUT2D eigenvalue weighted by molar-refractivity contribution is 6.31. The molecule has 1 aromatic carbocycles. The molecule has 0 atom stereocenters. The maximum Gasteiger partial charge on any atom is 0.307 e. The van der Waals surface area contributed by atoms with Gasteiger partial charge in [0.1, 0.15) is 18.6 Å². The summed E-state index contributed by atoms with van der Waals surface area (Å²) in [5.41, 5.74) is 12.2. The van der Waals surface area contributed by atoms with Gasteiger partial charge in [-0.3, -0.25) is 0 Å². The monoisotopic (exact) mass is 321 g/mol. The predicted molar refractivity (Wildman–Crippen MR) is 82.5 cm³/mol. The first-order valence-corrected chi connectivity index (χ1v) is 6.93. The second kappa shape index (κ2) is 5.34. The second-order valence-electron chi connectivity index (χ2n) is 4.94. The molecule has 0 spiro atoms. The number of aryl methyl sites for hydroxylation is 1. The van der Waals surface area contributed by atoms with Gasteiger partial charge in [0.25, 0.3) is 0 Å². The zero-order chi connectivity index (χ0) is 15.9. The first-order valence-electron chi connectivity index (χ1n) is 6.55. The Morgan fingerprint density at radius 1 is 1.36 bits per heavy atom. The Hall–Kier alpha value is -2.54. The van der Waals surface area contributed by atoms with E-state index in [1.807, 2.05) is 45.5 Å². The topological polar surface area (TPSA) is 77.6 Å². The molecule has 6 nitrogen and oxygen atoms in total.